The second-order valence-electron chi connectivity index (χ2n) is 4.01. The number of hydrogen-bond donors (Lipinski definition) is 2. The summed E-state index contributed by atoms with van der Waals surface area (Å²) in [7, 11) is 0. The van der Waals surface area contributed by atoms with Gasteiger partial charge in [-0.3, -0.25) is 5.41 Å². The van der Waals surface area contributed by atoms with Crippen molar-refractivity contribution < 1.29 is 4.74 Å². The Morgan fingerprint density at radius 3 is 2.63 bits per heavy atom. The molecule has 19 heavy (non-hydrogen) atoms. The summed E-state index contributed by atoms with van der Waals surface area (Å²) in [4.78, 5) is 8.23. The van der Waals surface area contributed by atoms with E-state index in [1.54, 1.807) is 13.0 Å². The fraction of sp³-hybridized carbons (Fsp3) is 0.154. The van der Waals surface area contributed by atoms with Crippen molar-refractivity contribution in [2.45, 2.75) is 13.5 Å². The van der Waals surface area contributed by atoms with Gasteiger partial charge < -0.3 is 10.5 Å². The maximum atomic E-state index is 7.38. The zero-order valence-corrected chi connectivity index (χ0v) is 11.9. The molecule has 1 aromatic heterocycles. The Labute approximate surface area is 119 Å². The van der Waals surface area contributed by atoms with Crippen LogP contribution in [0.25, 0.3) is 0 Å². The average molecular weight is 321 g/mol. The number of rotatable bonds is 4. The Morgan fingerprint density at radius 1 is 1.32 bits per heavy atom. The molecule has 2 aromatic rings. The molecule has 3 N–H and O–H groups in total. The van der Waals surface area contributed by atoms with Gasteiger partial charge in [0.05, 0.1) is 0 Å². The Kier molecular flexibility index (Phi) is 4.11. The molecule has 98 valence electrons. The number of hydrogen-bond acceptors (Lipinski definition) is 4. The Balaban J connectivity index is 2.11. The van der Waals surface area contributed by atoms with E-state index in [0.717, 1.165) is 10.0 Å². The summed E-state index contributed by atoms with van der Waals surface area (Å²) in [5.74, 6) is -0.0982. The SMILES string of the molecule is Cc1cc(C(=N)N)nc(OCc2ccc(Br)cc2)n1. The van der Waals surface area contributed by atoms with Gasteiger partial charge in [-0.1, -0.05) is 28.1 Å². The van der Waals surface area contributed by atoms with Gasteiger partial charge in [-0.25, -0.2) is 4.98 Å². The van der Waals surface area contributed by atoms with Crippen LogP contribution in [0.2, 0.25) is 0 Å². The summed E-state index contributed by atoms with van der Waals surface area (Å²) in [6, 6.07) is 9.66. The van der Waals surface area contributed by atoms with Crippen molar-refractivity contribution in [3.05, 3.63) is 51.8 Å². The van der Waals surface area contributed by atoms with Crippen LogP contribution in [0.4, 0.5) is 0 Å². The zero-order valence-electron chi connectivity index (χ0n) is 10.4. The molecule has 0 atom stereocenters. The summed E-state index contributed by atoms with van der Waals surface area (Å²) < 4.78 is 6.53. The molecule has 0 aliphatic heterocycles. The molecular formula is C13H13BrN4O. The van der Waals surface area contributed by atoms with Gasteiger partial charge in [-0.2, -0.15) is 4.98 Å². The minimum Gasteiger partial charge on any atom is -0.459 e. The van der Waals surface area contributed by atoms with E-state index in [1.807, 2.05) is 24.3 Å². The van der Waals surface area contributed by atoms with E-state index in [9.17, 15) is 0 Å². The third kappa shape index (κ3) is 3.75. The normalized spacial score (nSPS) is 10.2. The summed E-state index contributed by atoms with van der Waals surface area (Å²) in [6.45, 7) is 2.18. The van der Waals surface area contributed by atoms with Gasteiger partial charge in [-0.15, -0.1) is 0 Å². The first-order valence-corrected chi connectivity index (χ1v) is 6.41. The standard InChI is InChI=1S/C13H13BrN4O/c1-8-6-11(12(15)16)18-13(17-8)19-7-9-2-4-10(14)5-3-9/h2-6H,7H2,1H3,(H3,15,16). The van der Waals surface area contributed by atoms with Crippen molar-refractivity contribution in [3.8, 4) is 6.01 Å². The first-order chi connectivity index (χ1) is 9.04. The fourth-order valence-corrected chi connectivity index (χ4v) is 1.74. The fourth-order valence-electron chi connectivity index (χ4n) is 1.47. The highest BCUT2D eigenvalue weighted by Crippen LogP contribution is 2.13. The van der Waals surface area contributed by atoms with Crippen LogP contribution in [0.1, 0.15) is 17.0 Å². The molecular weight excluding hydrogens is 308 g/mol. The number of nitrogens with one attached hydrogen (secondary N) is 1. The maximum Gasteiger partial charge on any atom is 0.317 e. The summed E-state index contributed by atoms with van der Waals surface area (Å²) in [6.07, 6.45) is 0. The molecule has 1 heterocycles. The predicted octanol–water partition coefficient (Wildman–Crippen LogP) is 2.41. The third-order valence-corrected chi connectivity index (χ3v) is 2.92. The predicted molar refractivity (Wildman–Crippen MR) is 76.3 cm³/mol. The van der Waals surface area contributed by atoms with Crippen molar-refractivity contribution in [1.82, 2.24) is 9.97 Å². The molecule has 5 nitrogen and oxygen atoms in total. The summed E-state index contributed by atoms with van der Waals surface area (Å²) >= 11 is 3.37. The third-order valence-electron chi connectivity index (χ3n) is 2.39. The van der Waals surface area contributed by atoms with Crippen LogP contribution in [-0.4, -0.2) is 15.8 Å². The molecule has 0 unspecified atom stereocenters. The second kappa shape index (κ2) is 5.79. The van der Waals surface area contributed by atoms with Crippen LogP contribution in [-0.2, 0) is 6.61 Å². The molecule has 0 aliphatic carbocycles. The minimum absolute atomic E-state index is 0.0982. The van der Waals surface area contributed by atoms with Crippen LogP contribution >= 0.6 is 15.9 Å². The van der Waals surface area contributed by atoms with Gasteiger partial charge in [0.2, 0.25) is 0 Å². The highest BCUT2D eigenvalue weighted by Gasteiger charge is 2.06. The summed E-state index contributed by atoms with van der Waals surface area (Å²) in [5.41, 5.74) is 7.51. The smallest absolute Gasteiger partial charge is 0.317 e. The van der Waals surface area contributed by atoms with E-state index < -0.39 is 0 Å². The quantitative estimate of drug-likeness (QED) is 0.669. The van der Waals surface area contributed by atoms with E-state index in [4.69, 9.17) is 15.9 Å². The molecule has 0 amide bonds. The van der Waals surface area contributed by atoms with E-state index in [2.05, 4.69) is 25.9 Å². The molecule has 0 radical (unpaired) electrons. The van der Waals surface area contributed by atoms with Gasteiger partial charge in [0, 0.05) is 10.2 Å². The van der Waals surface area contributed by atoms with Crippen LogP contribution in [0.15, 0.2) is 34.8 Å². The zero-order chi connectivity index (χ0) is 13.8. The van der Waals surface area contributed by atoms with Crippen LogP contribution < -0.4 is 10.5 Å². The van der Waals surface area contributed by atoms with Gasteiger partial charge in [0.1, 0.15) is 18.1 Å². The topological polar surface area (TPSA) is 84.9 Å². The Hall–Kier alpha value is -1.95. The number of aryl methyl sites for hydroxylation is 1. The molecule has 0 spiro atoms. The van der Waals surface area contributed by atoms with Gasteiger partial charge >= 0.3 is 6.01 Å². The lowest BCUT2D eigenvalue weighted by molar-refractivity contribution is 0.280. The van der Waals surface area contributed by atoms with Crippen LogP contribution in [0.3, 0.4) is 0 Å². The first kappa shape index (κ1) is 13.5. The van der Waals surface area contributed by atoms with Crippen molar-refractivity contribution in [1.29, 1.82) is 5.41 Å². The van der Waals surface area contributed by atoms with Gasteiger partial charge in [0.25, 0.3) is 0 Å². The molecule has 0 fully saturated rings. The molecule has 0 bridgehead atoms. The van der Waals surface area contributed by atoms with E-state index in [-0.39, 0.29) is 11.8 Å². The molecule has 0 aliphatic rings. The number of ether oxygens (including phenoxy) is 1. The lowest BCUT2D eigenvalue weighted by Crippen LogP contribution is -2.15. The molecule has 0 saturated heterocycles. The highest BCUT2D eigenvalue weighted by atomic mass is 79.9. The molecule has 0 saturated carbocycles. The van der Waals surface area contributed by atoms with Crippen LogP contribution in [0, 0.1) is 12.3 Å². The van der Waals surface area contributed by atoms with Crippen molar-refractivity contribution in [2.75, 3.05) is 0 Å². The number of halogens is 1. The number of nitrogens with zero attached hydrogens (tertiary/aromatic N) is 2. The number of benzene rings is 1. The van der Waals surface area contributed by atoms with E-state index >= 15 is 0 Å². The molecule has 2 rings (SSSR count). The number of amidine groups is 1. The Bertz CT molecular complexity index is 598. The largest absolute Gasteiger partial charge is 0.459 e. The van der Waals surface area contributed by atoms with Crippen molar-refractivity contribution in [2.24, 2.45) is 5.73 Å². The average Bonchev–Trinajstić information content (AvgIpc) is 2.37. The number of aromatic nitrogens is 2. The molecule has 6 heteroatoms. The van der Waals surface area contributed by atoms with Crippen LogP contribution in [0.5, 0.6) is 6.01 Å². The van der Waals surface area contributed by atoms with Gasteiger partial charge in [0.15, 0.2) is 0 Å². The lowest BCUT2D eigenvalue weighted by Gasteiger charge is -2.07. The second-order valence-corrected chi connectivity index (χ2v) is 4.92. The van der Waals surface area contributed by atoms with E-state index in [0.29, 0.717) is 18.0 Å². The molecule has 1 aromatic carbocycles. The summed E-state index contributed by atoms with van der Waals surface area (Å²) in [5, 5.41) is 7.38. The highest BCUT2D eigenvalue weighted by molar-refractivity contribution is 9.10. The van der Waals surface area contributed by atoms with E-state index in [1.165, 1.54) is 0 Å². The monoisotopic (exact) mass is 320 g/mol. The minimum atomic E-state index is -0.0982. The first-order valence-electron chi connectivity index (χ1n) is 5.62. The number of nitrogens with two attached hydrogens (primary N) is 1. The Morgan fingerprint density at radius 2 is 2.00 bits per heavy atom. The maximum absolute atomic E-state index is 7.38. The lowest BCUT2D eigenvalue weighted by atomic mass is 10.2. The van der Waals surface area contributed by atoms with Crippen molar-refractivity contribution in [3.63, 3.8) is 0 Å². The number of nitrogen functional groups attached to an aromatic ring is 1. The van der Waals surface area contributed by atoms with Gasteiger partial charge in [-0.05, 0) is 30.7 Å². The van der Waals surface area contributed by atoms with Crippen molar-refractivity contribution >= 4 is 21.8 Å².